The summed E-state index contributed by atoms with van der Waals surface area (Å²) in [5, 5.41) is 5.18. The van der Waals surface area contributed by atoms with Gasteiger partial charge >= 0.3 is 0 Å². The van der Waals surface area contributed by atoms with E-state index in [1.54, 1.807) is 18.3 Å². The minimum absolute atomic E-state index is 0.188. The fourth-order valence-electron chi connectivity index (χ4n) is 5.06. The van der Waals surface area contributed by atoms with Gasteiger partial charge in [0, 0.05) is 48.0 Å². The van der Waals surface area contributed by atoms with Crippen molar-refractivity contribution in [1.82, 2.24) is 24.1 Å². The molecule has 6 nitrogen and oxygen atoms in total. The van der Waals surface area contributed by atoms with Crippen LogP contribution in [-0.2, 0) is 13.0 Å². The first-order valence-corrected chi connectivity index (χ1v) is 12.7. The first-order chi connectivity index (χ1) is 17.6. The van der Waals surface area contributed by atoms with E-state index in [0.717, 1.165) is 76.7 Å². The number of aromatic nitrogens is 5. The molecule has 8 heteroatoms. The lowest BCUT2D eigenvalue weighted by Crippen LogP contribution is -2.14. The van der Waals surface area contributed by atoms with Crippen LogP contribution >= 0.6 is 11.6 Å². The molecule has 0 fully saturated rings. The van der Waals surface area contributed by atoms with Gasteiger partial charge in [-0.2, -0.15) is 0 Å². The van der Waals surface area contributed by atoms with Gasteiger partial charge in [-0.3, -0.25) is 0 Å². The molecule has 0 amide bonds. The number of hydrogen-bond donors (Lipinski definition) is 1. The van der Waals surface area contributed by atoms with Crippen molar-refractivity contribution in [2.24, 2.45) is 0 Å². The second-order valence-corrected chi connectivity index (χ2v) is 9.59. The highest BCUT2D eigenvalue weighted by Gasteiger charge is 2.31. The number of nitrogens with zero attached hydrogens (tertiary/aromatic N) is 5. The third-order valence-electron chi connectivity index (χ3n) is 6.74. The summed E-state index contributed by atoms with van der Waals surface area (Å²) >= 11 is 6.31. The maximum absolute atomic E-state index is 13.7. The molecule has 0 bridgehead atoms. The molecule has 0 saturated heterocycles. The Morgan fingerprint density at radius 1 is 1.08 bits per heavy atom. The van der Waals surface area contributed by atoms with Crippen molar-refractivity contribution in [3.05, 3.63) is 83.7 Å². The van der Waals surface area contributed by atoms with E-state index in [0.29, 0.717) is 5.95 Å². The van der Waals surface area contributed by atoms with Crippen LogP contribution in [0.25, 0.3) is 33.5 Å². The SMILES string of the molecule is CCCNc1nccc(-c2c(-c3ccc(F)cc3)nc3n2[C@H](Cn2ccc4ccc(Cl)cc42)CC3)n1. The molecule has 3 aromatic heterocycles. The molecule has 5 aromatic rings. The summed E-state index contributed by atoms with van der Waals surface area (Å²) in [6.45, 7) is 3.69. The summed E-state index contributed by atoms with van der Waals surface area (Å²) in [7, 11) is 0. The van der Waals surface area contributed by atoms with Crippen LogP contribution in [0.4, 0.5) is 10.3 Å². The van der Waals surface area contributed by atoms with Crippen molar-refractivity contribution in [3.63, 3.8) is 0 Å². The van der Waals surface area contributed by atoms with E-state index in [-0.39, 0.29) is 11.9 Å². The fourth-order valence-corrected chi connectivity index (χ4v) is 5.22. The molecule has 4 heterocycles. The second-order valence-electron chi connectivity index (χ2n) is 9.16. The summed E-state index contributed by atoms with van der Waals surface area (Å²) < 4.78 is 18.3. The molecule has 1 N–H and O–H groups in total. The van der Waals surface area contributed by atoms with Gasteiger partial charge in [-0.15, -0.1) is 0 Å². The highest BCUT2D eigenvalue weighted by Crippen LogP contribution is 2.40. The van der Waals surface area contributed by atoms with Gasteiger partial charge in [0.2, 0.25) is 5.95 Å². The normalized spacial score (nSPS) is 14.9. The lowest BCUT2D eigenvalue weighted by molar-refractivity contribution is 0.459. The monoisotopic (exact) mass is 500 g/mol. The van der Waals surface area contributed by atoms with Crippen molar-refractivity contribution >= 4 is 28.5 Å². The van der Waals surface area contributed by atoms with Gasteiger partial charge < -0.3 is 14.5 Å². The molecule has 0 aliphatic carbocycles. The first-order valence-electron chi connectivity index (χ1n) is 12.3. The Kier molecular flexibility index (Phi) is 5.93. The van der Waals surface area contributed by atoms with Crippen LogP contribution in [0.15, 0.2) is 67.0 Å². The zero-order valence-electron chi connectivity index (χ0n) is 20.0. The lowest BCUT2D eigenvalue weighted by Gasteiger charge is -2.19. The summed E-state index contributed by atoms with van der Waals surface area (Å²) in [4.78, 5) is 14.3. The maximum Gasteiger partial charge on any atom is 0.223 e. The smallest absolute Gasteiger partial charge is 0.223 e. The predicted molar refractivity (Wildman–Crippen MR) is 142 cm³/mol. The van der Waals surface area contributed by atoms with Crippen LogP contribution in [-0.4, -0.2) is 30.6 Å². The van der Waals surface area contributed by atoms with Gasteiger partial charge in [0.1, 0.15) is 11.6 Å². The second kappa shape index (κ2) is 9.39. The molecule has 0 radical (unpaired) electrons. The van der Waals surface area contributed by atoms with Gasteiger partial charge in [0.15, 0.2) is 0 Å². The van der Waals surface area contributed by atoms with Gasteiger partial charge in [-0.05, 0) is 66.8 Å². The molecule has 1 aliphatic rings. The first kappa shape index (κ1) is 22.7. The molecule has 0 unspecified atom stereocenters. The lowest BCUT2D eigenvalue weighted by atomic mass is 10.1. The number of aryl methyl sites for hydroxylation is 1. The molecule has 1 aliphatic heterocycles. The highest BCUT2D eigenvalue weighted by molar-refractivity contribution is 6.31. The largest absolute Gasteiger partial charge is 0.354 e. The Labute approximate surface area is 213 Å². The molecule has 182 valence electrons. The third-order valence-corrected chi connectivity index (χ3v) is 6.98. The molecule has 0 saturated carbocycles. The average molecular weight is 501 g/mol. The van der Waals surface area contributed by atoms with Crippen LogP contribution in [0.2, 0.25) is 5.02 Å². The number of rotatable bonds is 7. The topological polar surface area (TPSA) is 60.6 Å². The standard InChI is InChI=1S/C28H26ClFN6/c1-2-13-31-28-32-14-11-23(33-28)27-26(19-4-7-21(30)8-5-19)34-25-10-9-22(36(25)27)17-35-15-12-18-3-6-20(29)16-24(18)35/h3-8,11-12,14-16,22H,2,9-10,13,17H2,1H3,(H,31,32,33)/t22-/m0/s1. The van der Waals surface area contributed by atoms with E-state index in [1.165, 1.54) is 12.1 Å². The minimum Gasteiger partial charge on any atom is -0.354 e. The van der Waals surface area contributed by atoms with Crippen LogP contribution in [0.1, 0.15) is 31.6 Å². The zero-order chi connectivity index (χ0) is 24.6. The van der Waals surface area contributed by atoms with E-state index < -0.39 is 0 Å². The van der Waals surface area contributed by atoms with Gasteiger partial charge in [-0.1, -0.05) is 24.6 Å². The van der Waals surface area contributed by atoms with E-state index in [4.69, 9.17) is 21.6 Å². The van der Waals surface area contributed by atoms with Crippen molar-refractivity contribution < 1.29 is 4.39 Å². The molecule has 6 rings (SSSR count). The number of halogens is 2. The van der Waals surface area contributed by atoms with Crippen LogP contribution in [0.5, 0.6) is 0 Å². The number of hydrogen-bond acceptors (Lipinski definition) is 4. The van der Waals surface area contributed by atoms with Crippen LogP contribution in [0, 0.1) is 5.82 Å². The number of anilines is 1. The predicted octanol–water partition coefficient (Wildman–Crippen LogP) is 6.76. The van der Waals surface area contributed by atoms with E-state index >= 15 is 0 Å². The molecular formula is C28H26ClFN6. The summed E-state index contributed by atoms with van der Waals surface area (Å²) in [6.07, 6.45) is 6.72. The minimum atomic E-state index is -0.267. The number of imidazole rings is 1. The number of nitrogens with one attached hydrogen (secondary N) is 1. The van der Waals surface area contributed by atoms with Crippen LogP contribution < -0.4 is 5.32 Å². The number of fused-ring (bicyclic) bond motifs is 2. The van der Waals surface area contributed by atoms with Crippen LogP contribution in [0.3, 0.4) is 0 Å². The Hall–Kier alpha value is -3.71. The summed E-state index contributed by atoms with van der Waals surface area (Å²) in [6, 6.07) is 16.7. The van der Waals surface area contributed by atoms with E-state index in [9.17, 15) is 4.39 Å². The van der Waals surface area contributed by atoms with Crippen molar-refractivity contribution in [3.8, 4) is 22.6 Å². The van der Waals surface area contributed by atoms with Gasteiger partial charge in [-0.25, -0.2) is 19.3 Å². The third kappa shape index (κ3) is 4.13. The Morgan fingerprint density at radius 3 is 2.78 bits per heavy atom. The van der Waals surface area contributed by atoms with Gasteiger partial charge in [0.25, 0.3) is 0 Å². The number of benzene rings is 2. The quantitative estimate of drug-likeness (QED) is 0.268. The Morgan fingerprint density at radius 2 is 1.94 bits per heavy atom. The molecule has 2 aromatic carbocycles. The molecule has 36 heavy (non-hydrogen) atoms. The fraction of sp³-hybridized carbons (Fsp3) is 0.250. The van der Waals surface area contributed by atoms with Gasteiger partial charge in [0.05, 0.1) is 23.1 Å². The van der Waals surface area contributed by atoms with Crippen molar-refractivity contribution in [1.29, 1.82) is 0 Å². The summed E-state index contributed by atoms with van der Waals surface area (Å²) in [5.74, 6) is 1.34. The Bertz CT molecular complexity index is 1540. The van der Waals surface area contributed by atoms with E-state index in [2.05, 4.69) is 44.7 Å². The Balaban J connectivity index is 1.46. The van der Waals surface area contributed by atoms with Crippen molar-refractivity contribution in [2.45, 2.75) is 38.8 Å². The molecular weight excluding hydrogens is 475 g/mol. The summed E-state index contributed by atoms with van der Waals surface area (Å²) in [5.41, 5.74) is 4.54. The van der Waals surface area contributed by atoms with E-state index in [1.807, 2.05) is 18.2 Å². The van der Waals surface area contributed by atoms with Crippen molar-refractivity contribution in [2.75, 3.05) is 11.9 Å². The maximum atomic E-state index is 13.7. The molecule has 0 spiro atoms. The average Bonchev–Trinajstić information content (AvgIpc) is 3.58. The highest BCUT2D eigenvalue weighted by atomic mass is 35.5. The molecule has 1 atom stereocenters. The zero-order valence-corrected chi connectivity index (χ0v) is 20.7.